The number of anilines is 2. The maximum atomic E-state index is 5.98. The molecular weight excluding hydrogens is 736 g/mol. The molecule has 10 aromatic rings. The van der Waals surface area contributed by atoms with Crippen LogP contribution in [-0.2, 0) is 0 Å². The molecule has 0 saturated heterocycles. The van der Waals surface area contributed by atoms with Gasteiger partial charge in [-0.3, -0.25) is 4.98 Å². The van der Waals surface area contributed by atoms with E-state index in [9.17, 15) is 0 Å². The molecule has 0 N–H and O–H groups in total. The van der Waals surface area contributed by atoms with Crippen LogP contribution in [0.15, 0.2) is 212 Å². The third-order valence-electron chi connectivity index (χ3n) is 12.4. The Bertz CT molecular complexity index is 3100. The molecule has 0 fully saturated rings. The van der Waals surface area contributed by atoms with Gasteiger partial charge in [0.25, 0.3) is 0 Å². The van der Waals surface area contributed by atoms with Crippen LogP contribution in [0.4, 0.5) is 11.4 Å². The zero-order valence-electron chi connectivity index (χ0n) is 31.6. The molecule has 2 nitrogen and oxygen atoms in total. The van der Waals surface area contributed by atoms with E-state index in [1.807, 2.05) is 11.3 Å². The molecule has 5 heteroatoms. The molecule has 58 heavy (non-hydrogen) atoms. The van der Waals surface area contributed by atoms with Crippen molar-refractivity contribution >= 4 is 89.6 Å². The van der Waals surface area contributed by atoms with Crippen molar-refractivity contribution in [3.63, 3.8) is 0 Å². The zero-order chi connectivity index (χ0) is 38.2. The van der Waals surface area contributed by atoms with Gasteiger partial charge in [-0.15, -0.1) is 11.3 Å². The normalized spacial score (nSPS) is 12.8. The van der Waals surface area contributed by atoms with Crippen LogP contribution in [0.2, 0.25) is 0 Å². The summed E-state index contributed by atoms with van der Waals surface area (Å²) in [6.07, 6.45) is 0. The van der Waals surface area contributed by atoms with E-state index in [1.165, 1.54) is 80.3 Å². The molecule has 12 rings (SSSR count). The maximum Gasteiger partial charge on any atom is 0.329 e. The Morgan fingerprint density at radius 2 is 0.948 bits per heavy atom. The Kier molecular flexibility index (Phi) is 7.56. The van der Waals surface area contributed by atoms with E-state index in [-0.39, 0.29) is 6.85 Å². The van der Waals surface area contributed by atoms with Gasteiger partial charge in [0.1, 0.15) is 0 Å². The van der Waals surface area contributed by atoms with Gasteiger partial charge in [0.05, 0.1) is 10.4 Å². The molecule has 8 aromatic carbocycles. The summed E-state index contributed by atoms with van der Waals surface area (Å²) in [4.78, 5) is 8.55. The molecular formula is C53H35BN2SSi. The van der Waals surface area contributed by atoms with Crippen molar-refractivity contribution in [1.82, 2.24) is 4.98 Å². The van der Waals surface area contributed by atoms with E-state index in [1.54, 1.807) is 0 Å². The molecule has 0 bridgehead atoms. The van der Waals surface area contributed by atoms with Crippen LogP contribution in [0.3, 0.4) is 0 Å². The minimum absolute atomic E-state index is 0.0444. The van der Waals surface area contributed by atoms with E-state index in [0.717, 1.165) is 16.6 Å². The zero-order valence-corrected chi connectivity index (χ0v) is 33.4. The van der Waals surface area contributed by atoms with Gasteiger partial charge in [-0.25, -0.2) is 0 Å². The Morgan fingerprint density at radius 1 is 0.431 bits per heavy atom. The summed E-state index contributed by atoms with van der Waals surface area (Å²) in [5.41, 5.74) is 12.4. The van der Waals surface area contributed by atoms with Crippen molar-refractivity contribution < 1.29 is 0 Å². The molecule has 2 aliphatic heterocycles. The number of aromatic nitrogens is 1. The van der Waals surface area contributed by atoms with Crippen LogP contribution in [0.1, 0.15) is 0 Å². The van der Waals surface area contributed by atoms with Gasteiger partial charge in [0, 0.05) is 48.9 Å². The number of thiophene rings is 1. The number of benzene rings is 8. The number of nitrogens with zero attached hydrogens (tertiary/aromatic N) is 2. The van der Waals surface area contributed by atoms with Crippen LogP contribution in [0.25, 0.3) is 53.7 Å². The first kappa shape index (κ1) is 33.4. The second kappa shape index (κ2) is 13.1. The molecule has 4 heterocycles. The van der Waals surface area contributed by atoms with Gasteiger partial charge >= 0.3 is 6.85 Å². The van der Waals surface area contributed by atoms with Crippen LogP contribution in [0, 0.1) is 0 Å². The number of fused-ring (bicyclic) bond motifs is 14. The third-order valence-corrected chi connectivity index (χ3v) is 18.2. The Labute approximate surface area is 343 Å². The fraction of sp³-hybridized carbons (Fsp3) is 0. The minimum Gasteiger partial charge on any atom is -0.376 e. The third kappa shape index (κ3) is 4.81. The number of hydrogen-bond donors (Lipinski definition) is 0. The first-order chi connectivity index (χ1) is 28.8. The molecule has 0 amide bonds. The van der Waals surface area contributed by atoms with Crippen molar-refractivity contribution in [2.24, 2.45) is 0 Å². The van der Waals surface area contributed by atoms with Crippen LogP contribution in [0.5, 0.6) is 0 Å². The highest BCUT2D eigenvalue weighted by Gasteiger charge is 2.45. The van der Waals surface area contributed by atoms with Crippen LogP contribution < -0.4 is 36.6 Å². The second-order valence-corrected chi connectivity index (χ2v) is 20.2. The fourth-order valence-corrected chi connectivity index (χ4v) is 15.8. The van der Waals surface area contributed by atoms with Crippen LogP contribution in [-0.4, -0.2) is 19.9 Å². The van der Waals surface area contributed by atoms with Crippen molar-refractivity contribution in [2.45, 2.75) is 0 Å². The molecule has 0 aliphatic carbocycles. The van der Waals surface area contributed by atoms with Crippen molar-refractivity contribution in [2.75, 3.05) is 4.81 Å². The number of hydrogen-bond acceptors (Lipinski definition) is 3. The lowest BCUT2D eigenvalue weighted by Gasteiger charge is -2.43. The summed E-state index contributed by atoms with van der Waals surface area (Å²) in [7, 11) is -2.94. The standard InChI is InChI=1S/C53H35BN2SSi/c1-4-18-37(19-5-1)58(38-20-6-2-7-21-38,39-22-8-3-9-23-39)51-35-45-43-27-13-17-31-50(43)57-53(45)52(55-51)36-32-33-47-44(34-36)42-26-12-16-30-49(42)56-48-29-15-11-25-41(48)40-24-10-14-28-46(40)54(47)56/h1-35H. The topological polar surface area (TPSA) is 16.1 Å². The monoisotopic (exact) mass is 770 g/mol. The predicted molar refractivity (Wildman–Crippen MR) is 251 cm³/mol. The summed E-state index contributed by atoms with van der Waals surface area (Å²) < 4.78 is 2.50. The summed E-state index contributed by atoms with van der Waals surface area (Å²) in [5, 5.41) is 7.65. The average Bonchev–Trinajstić information content (AvgIpc) is 3.68. The number of pyridine rings is 1. The molecule has 0 atom stereocenters. The second-order valence-electron chi connectivity index (χ2n) is 15.4. The summed E-state index contributed by atoms with van der Waals surface area (Å²) in [6, 6.07) is 78.8. The summed E-state index contributed by atoms with van der Waals surface area (Å²) in [6.45, 7) is 0.0444. The van der Waals surface area contributed by atoms with Gasteiger partial charge in [-0.2, -0.15) is 0 Å². The summed E-state index contributed by atoms with van der Waals surface area (Å²) >= 11 is 1.86. The molecule has 0 radical (unpaired) electrons. The van der Waals surface area contributed by atoms with Gasteiger partial charge in [-0.05, 0) is 67.9 Å². The van der Waals surface area contributed by atoms with Crippen LogP contribution >= 0.6 is 11.3 Å². The van der Waals surface area contributed by atoms with Gasteiger partial charge in [0.15, 0.2) is 0 Å². The number of para-hydroxylation sites is 2. The minimum atomic E-state index is -2.94. The molecule has 0 spiro atoms. The fourth-order valence-electron chi connectivity index (χ4n) is 9.95. The van der Waals surface area contributed by atoms with E-state index < -0.39 is 8.07 Å². The first-order valence-electron chi connectivity index (χ1n) is 20.0. The predicted octanol–water partition coefficient (Wildman–Crippen LogP) is 9.40. The highest BCUT2D eigenvalue weighted by atomic mass is 32.1. The Morgan fingerprint density at radius 3 is 1.60 bits per heavy atom. The quantitative estimate of drug-likeness (QED) is 0.128. The van der Waals surface area contributed by atoms with Crippen molar-refractivity contribution in [3.8, 4) is 33.5 Å². The Balaban J connectivity index is 1.16. The SMILES string of the molecule is c1ccc([Si](c2ccccc2)(c2ccccc2)c2cc3c(sc4ccccc43)c(-c3ccc4c(c3)-c3ccccc3N3B4c4ccccc4-c4ccccc43)n2)cc1. The smallest absolute Gasteiger partial charge is 0.329 e. The maximum absolute atomic E-state index is 5.98. The highest BCUT2D eigenvalue weighted by molar-refractivity contribution is 7.26. The van der Waals surface area contributed by atoms with Gasteiger partial charge in [-0.1, -0.05) is 182 Å². The van der Waals surface area contributed by atoms with E-state index >= 15 is 0 Å². The van der Waals surface area contributed by atoms with Gasteiger partial charge < -0.3 is 4.81 Å². The van der Waals surface area contributed by atoms with Crippen molar-refractivity contribution in [1.29, 1.82) is 0 Å². The molecule has 0 saturated carbocycles. The lowest BCUT2D eigenvalue weighted by molar-refractivity contribution is 1.35. The molecule has 2 aliphatic rings. The van der Waals surface area contributed by atoms with Gasteiger partial charge in [0.2, 0.25) is 8.07 Å². The molecule has 0 unspecified atom stereocenters. The molecule has 270 valence electrons. The summed E-state index contributed by atoms with van der Waals surface area (Å²) in [5.74, 6) is 0. The van der Waals surface area contributed by atoms with E-state index in [4.69, 9.17) is 4.98 Å². The number of rotatable bonds is 5. The Hall–Kier alpha value is -6.79. The van der Waals surface area contributed by atoms with E-state index in [0.29, 0.717) is 0 Å². The lowest BCUT2D eigenvalue weighted by Crippen LogP contribution is -2.75. The van der Waals surface area contributed by atoms with Crippen molar-refractivity contribution in [3.05, 3.63) is 212 Å². The largest absolute Gasteiger partial charge is 0.376 e. The lowest BCUT2D eigenvalue weighted by atomic mass is 9.43. The average molecular weight is 771 g/mol. The highest BCUT2D eigenvalue weighted by Crippen LogP contribution is 2.47. The molecule has 2 aromatic heterocycles. The first-order valence-corrected chi connectivity index (χ1v) is 22.8. The van der Waals surface area contributed by atoms with E-state index in [2.05, 4.69) is 217 Å².